The van der Waals surface area contributed by atoms with Crippen LogP contribution in [0.1, 0.15) is 16.8 Å². The molecule has 1 aliphatic rings. The fourth-order valence-corrected chi connectivity index (χ4v) is 2.99. The Kier molecular flexibility index (Phi) is 5.75. The smallest absolute Gasteiger partial charge is 0.326 e. The first-order chi connectivity index (χ1) is 11.7. The molecule has 25 heavy (non-hydrogen) atoms. The maximum atomic E-state index is 12.2. The maximum Gasteiger partial charge on any atom is 0.326 e. The van der Waals surface area contributed by atoms with Gasteiger partial charge in [-0.1, -0.05) is 18.2 Å². The van der Waals surface area contributed by atoms with Gasteiger partial charge in [0.1, 0.15) is 6.04 Å². The van der Waals surface area contributed by atoms with Crippen molar-refractivity contribution < 1.29 is 27.9 Å². The Morgan fingerprint density at radius 3 is 2.44 bits per heavy atom. The molecule has 0 bridgehead atoms. The number of hydrogen-bond acceptors (Lipinski definition) is 5. The predicted molar refractivity (Wildman–Crippen MR) is 88.3 cm³/mol. The van der Waals surface area contributed by atoms with Crippen LogP contribution in [0.15, 0.2) is 30.3 Å². The standard InChI is InChI=1S/C15H19N3O6S/c1-25(23,24)16-8-13(19)18-9-11(7-12(18)15(21)22)17-14(20)10-5-3-2-4-6-10/h2-6,11-12,16H,7-9H2,1H3,(H,17,20)(H,21,22)/t11-,12+/m1/s1. The van der Waals surface area contributed by atoms with Crippen LogP contribution >= 0.6 is 0 Å². The summed E-state index contributed by atoms with van der Waals surface area (Å²) in [7, 11) is -3.57. The van der Waals surface area contributed by atoms with Gasteiger partial charge in [0.15, 0.2) is 0 Å². The first-order valence-corrected chi connectivity index (χ1v) is 9.39. The molecule has 0 spiro atoms. The molecule has 1 heterocycles. The highest BCUT2D eigenvalue weighted by atomic mass is 32.2. The van der Waals surface area contributed by atoms with Crippen molar-refractivity contribution in [2.24, 2.45) is 0 Å². The third kappa shape index (κ3) is 5.26. The molecule has 136 valence electrons. The van der Waals surface area contributed by atoms with Crippen molar-refractivity contribution in [1.82, 2.24) is 14.9 Å². The lowest BCUT2D eigenvalue weighted by atomic mass is 10.1. The maximum absolute atomic E-state index is 12.2. The number of rotatable bonds is 6. The number of nitrogens with one attached hydrogen (secondary N) is 2. The number of carbonyl (C=O) groups excluding carboxylic acids is 2. The molecule has 1 fully saturated rings. The summed E-state index contributed by atoms with van der Waals surface area (Å²) in [5.41, 5.74) is 0.429. The van der Waals surface area contributed by atoms with Gasteiger partial charge in [-0.25, -0.2) is 17.9 Å². The summed E-state index contributed by atoms with van der Waals surface area (Å²) in [5.74, 6) is -2.23. The Labute approximate surface area is 145 Å². The summed E-state index contributed by atoms with van der Waals surface area (Å²) in [4.78, 5) is 36.7. The van der Waals surface area contributed by atoms with E-state index in [1.54, 1.807) is 30.3 Å². The third-order valence-electron chi connectivity index (χ3n) is 3.76. The molecule has 0 unspecified atom stereocenters. The Balaban J connectivity index is 2.03. The number of amides is 2. The second kappa shape index (κ2) is 7.62. The summed E-state index contributed by atoms with van der Waals surface area (Å²) in [5, 5.41) is 12.0. The second-order valence-corrected chi connectivity index (χ2v) is 7.60. The highest BCUT2D eigenvalue weighted by Gasteiger charge is 2.40. The molecular weight excluding hydrogens is 350 g/mol. The van der Waals surface area contributed by atoms with Crippen molar-refractivity contribution in [3.8, 4) is 0 Å². The molecule has 1 saturated heterocycles. The molecule has 10 heteroatoms. The zero-order chi connectivity index (χ0) is 18.6. The van der Waals surface area contributed by atoms with Crippen LogP contribution in [-0.4, -0.2) is 67.6 Å². The van der Waals surface area contributed by atoms with E-state index in [9.17, 15) is 27.9 Å². The second-order valence-electron chi connectivity index (χ2n) is 5.77. The van der Waals surface area contributed by atoms with E-state index in [2.05, 4.69) is 5.32 Å². The molecule has 9 nitrogen and oxygen atoms in total. The van der Waals surface area contributed by atoms with E-state index in [0.29, 0.717) is 5.56 Å². The first-order valence-electron chi connectivity index (χ1n) is 7.50. The summed E-state index contributed by atoms with van der Waals surface area (Å²) in [6.07, 6.45) is 0.959. The number of likely N-dealkylation sites (tertiary alicyclic amines) is 1. The molecule has 2 amide bonds. The van der Waals surface area contributed by atoms with Crippen LogP contribution < -0.4 is 10.0 Å². The summed E-state index contributed by atoms with van der Waals surface area (Å²) >= 11 is 0. The lowest BCUT2D eigenvalue weighted by Gasteiger charge is -2.21. The largest absolute Gasteiger partial charge is 0.480 e. The van der Waals surface area contributed by atoms with Gasteiger partial charge < -0.3 is 15.3 Å². The van der Waals surface area contributed by atoms with Gasteiger partial charge in [0.25, 0.3) is 5.91 Å². The SMILES string of the molecule is CS(=O)(=O)NCC(=O)N1C[C@H](NC(=O)c2ccccc2)C[C@H]1C(=O)O. The van der Waals surface area contributed by atoms with Gasteiger partial charge in [0.05, 0.1) is 12.8 Å². The third-order valence-corrected chi connectivity index (χ3v) is 4.43. The van der Waals surface area contributed by atoms with E-state index >= 15 is 0 Å². The molecule has 2 atom stereocenters. The number of benzene rings is 1. The zero-order valence-electron chi connectivity index (χ0n) is 13.5. The molecule has 1 aromatic carbocycles. The van der Waals surface area contributed by atoms with E-state index in [-0.39, 0.29) is 18.9 Å². The predicted octanol–water partition coefficient (Wildman–Crippen LogP) is -0.980. The van der Waals surface area contributed by atoms with E-state index < -0.39 is 40.5 Å². The van der Waals surface area contributed by atoms with Gasteiger partial charge in [0.2, 0.25) is 15.9 Å². The molecule has 2 rings (SSSR count). The number of sulfonamides is 1. The average Bonchev–Trinajstić information content (AvgIpc) is 2.97. The summed E-state index contributed by atoms with van der Waals surface area (Å²) < 4.78 is 24.2. The number of hydrogen-bond donors (Lipinski definition) is 3. The quantitative estimate of drug-likeness (QED) is 0.590. The monoisotopic (exact) mass is 369 g/mol. The van der Waals surface area contributed by atoms with Crippen LogP contribution in [0.3, 0.4) is 0 Å². The highest BCUT2D eigenvalue weighted by Crippen LogP contribution is 2.19. The number of carboxylic acids is 1. The van der Waals surface area contributed by atoms with Crippen LogP contribution in [-0.2, 0) is 19.6 Å². The fourth-order valence-electron chi connectivity index (χ4n) is 2.60. The first kappa shape index (κ1) is 18.9. The van der Waals surface area contributed by atoms with Crippen molar-refractivity contribution in [2.45, 2.75) is 18.5 Å². The fraction of sp³-hybridized carbons (Fsp3) is 0.400. The van der Waals surface area contributed by atoms with Gasteiger partial charge in [0, 0.05) is 24.6 Å². The minimum Gasteiger partial charge on any atom is -0.480 e. The Hall–Kier alpha value is -2.46. The van der Waals surface area contributed by atoms with Gasteiger partial charge in [-0.15, -0.1) is 0 Å². The molecule has 0 radical (unpaired) electrons. The Morgan fingerprint density at radius 2 is 1.88 bits per heavy atom. The normalized spacial score (nSPS) is 20.3. The number of carboxylic acid groups (broad SMARTS) is 1. The van der Waals surface area contributed by atoms with E-state index in [4.69, 9.17) is 0 Å². The van der Waals surface area contributed by atoms with Gasteiger partial charge in [-0.05, 0) is 12.1 Å². The summed E-state index contributed by atoms with van der Waals surface area (Å²) in [6, 6.07) is 6.77. The highest BCUT2D eigenvalue weighted by molar-refractivity contribution is 7.88. The van der Waals surface area contributed by atoms with Gasteiger partial charge >= 0.3 is 5.97 Å². The lowest BCUT2D eigenvalue weighted by molar-refractivity contribution is -0.147. The number of carbonyl (C=O) groups is 3. The van der Waals surface area contributed by atoms with Crippen molar-refractivity contribution in [3.63, 3.8) is 0 Å². The molecule has 0 saturated carbocycles. The zero-order valence-corrected chi connectivity index (χ0v) is 14.3. The van der Waals surface area contributed by atoms with E-state index in [1.807, 2.05) is 4.72 Å². The van der Waals surface area contributed by atoms with Crippen molar-refractivity contribution in [1.29, 1.82) is 0 Å². The van der Waals surface area contributed by atoms with E-state index in [0.717, 1.165) is 11.2 Å². The summed E-state index contributed by atoms with van der Waals surface area (Å²) in [6.45, 7) is -0.526. The molecule has 3 N–H and O–H groups in total. The van der Waals surface area contributed by atoms with Crippen molar-refractivity contribution in [3.05, 3.63) is 35.9 Å². The molecule has 0 aromatic heterocycles. The van der Waals surface area contributed by atoms with Crippen molar-refractivity contribution >= 4 is 27.8 Å². The molecular formula is C15H19N3O6S. The van der Waals surface area contributed by atoms with Crippen LogP contribution in [0.2, 0.25) is 0 Å². The van der Waals surface area contributed by atoms with E-state index in [1.165, 1.54) is 0 Å². The van der Waals surface area contributed by atoms with Crippen LogP contribution in [0.5, 0.6) is 0 Å². The van der Waals surface area contributed by atoms with Gasteiger partial charge in [-0.3, -0.25) is 9.59 Å². The van der Waals surface area contributed by atoms with Crippen LogP contribution in [0.4, 0.5) is 0 Å². The minimum absolute atomic E-state index is 0.000183. The Bertz CT molecular complexity index is 765. The Morgan fingerprint density at radius 1 is 1.24 bits per heavy atom. The molecule has 1 aliphatic heterocycles. The van der Waals surface area contributed by atoms with Crippen LogP contribution in [0, 0.1) is 0 Å². The van der Waals surface area contributed by atoms with Crippen LogP contribution in [0.25, 0.3) is 0 Å². The van der Waals surface area contributed by atoms with Crippen molar-refractivity contribution in [2.75, 3.05) is 19.3 Å². The minimum atomic E-state index is -3.57. The molecule has 1 aromatic rings. The average molecular weight is 369 g/mol. The molecule has 0 aliphatic carbocycles. The van der Waals surface area contributed by atoms with Gasteiger partial charge in [-0.2, -0.15) is 0 Å². The number of aliphatic carboxylic acids is 1. The topological polar surface area (TPSA) is 133 Å². The lowest BCUT2D eigenvalue weighted by Crippen LogP contribution is -2.46. The number of nitrogens with zero attached hydrogens (tertiary/aromatic N) is 1.